The Morgan fingerprint density at radius 3 is 2.60 bits per heavy atom. The van der Waals surface area contributed by atoms with Gasteiger partial charge in [-0.25, -0.2) is 0 Å². The number of phenolic OH excluding ortho intramolecular Hbond substituents is 2. The van der Waals surface area contributed by atoms with Crippen molar-refractivity contribution in [3.63, 3.8) is 0 Å². The number of carbonyl (C=O) groups is 1. The van der Waals surface area contributed by atoms with Gasteiger partial charge in [0.25, 0.3) is 5.56 Å². The van der Waals surface area contributed by atoms with Crippen LogP contribution in [0.25, 0.3) is 0 Å². The summed E-state index contributed by atoms with van der Waals surface area (Å²) in [7, 11) is 0. The minimum atomic E-state index is -0.472. The molecule has 8 heteroatoms. The number of phenols is 2. The molecule has 4 rings (SSSR count). The highest BCUT2D eigenvalue weighted by molar-refractivity contribution is 5.94. The van der Waals surface area contributed by atoms with Crippen LogP contribution in [0, 0.1) is 0 Å². The van der Waals surface area contributed by atoms with Gasteiger partial charge in [0.1, 0.15) is 5.82 Å². The van der Waals surface area contributed by atoms with Crippen LogP contribution in [0.1, 0.15) is 42.3 Å². The summed E-state index contributed by atoms with van der Waals surface area (Å²) in [6.07, 6.45) is 1.63. The van der Waals surface area contributed by atoms with Crippen LogP contribution in [0.15, 0.2) is 23.0 Å². The molecule has 0 bridgehead atoms. The van der Waals surface area contributed by atoms with Crippen LogP contribution < -0.4 is 10.9 Å². The summed E-state index contributed by atoms with van der Waals surface area (Å²) < 4.78 is 7.10. The van der Waals surface area contributed by atoms with Crippen molar-refractivity contribution >= 4 is 11.7 Å². The Morgan fingerprint density at radius 2 is 1.88 bits per heavy atom. The first-order valence-electron chi connectivity index (χ1n) is 8.28. The second-order valence-corrected chi connectivity index (χ2v) is 6.47. The van der Waals surface area contributed by atoms with E-state index in [-0.39, 0.29) is 35.4 Å². The largest absolute Gasteiger partial charge is 0.504 e. The molecule has 1 saturated heterocycles. The molecular weight excluding hydrogens is 326 g/mol. The number of anilines is 1. The van der Waals surface area contributed by atoms with Crippen molar-refractivity contribution in [1.82, 2.24) is 9.78 Å². The lowest BCUT2D eigenvalue weighted by Gasteiger charge is -2.28. The number of hydrogen-bond acceptors (Lipinski definition) is 5. The van der Waals surface area contributed by atoms with Gasteiger partial charge in [-0.1, -0.05) is 6.07 Å². The highest BCUT2D eigenvalue weighted by Crippen LogP contribution is 2.39. The lowest BCUT2D eigenvalue weighted by molar-refractivity contribution is -0.116. The summed E-state index contributed by atoms with van der Waals surface area (Å²) in [6.45, 7) is 1.23. The molecule has 4 N–H and O–H groups in total. The van der Waals surface area contributed by atoms with E-state index < -0.39 is 5.92 Å². The molecule has 25 heavy (non-hydrogen) atoms. The van der Waals surface area contributed by atoms with Crippen LogP contribution in [0.4, 0.5) is 5.82 Å². The molecule has 2 aromatic rings. The fraction of sp³-hybridized carbons (Fsp3) is 0.412. The Hall–Kier alpha value is -2.74. The second kappa shape index (κ2) is 5.96. The molecule has 1 fully saturated rings. The van der Waals surface area contributed by atoms with Gasteiger partial charge >= 0.3 is 0 Å². The maximum absolute atomic E-state index is 12.6. The molecule has 1 atom stereocenters. The summed E-state index contributed by atoms with van der Waals surface area (Å²) in [5, 5.41) is 24.9. The predicted octanol–water partition coefficient (Wildman–Crippen LogP) is 1.41. The van der Waals surface area contributed by atoms with Gasteiger partial charge in [-0.15, -0.1) is 0 Å². The minimum Gasteiger partial charge on any atom is -0.504 e. The number of aromatic nitrogens is 2. The van der Waals surface area contributed by atoms with E-state index in [4.69, 9.17) is 4.74 Å². The average molecular weight is 345 g/mol. The van der Waals surface area contributed by atoms with Crippen LogP contribution in [-0.2, 0) is 9.53 Å². The highest BCUT2D eigenvalue weighted by atomic mass is 16.5. The molecule has 0 aliphatic carbocycles. The molecule has 0 unspecified atom stereocenters. The van der Waals surface area contributed by atoms with Gasteiger partial charge in [0.15, 0.2) is 11.5 Å². The lowest BCUT2D eigenvalue weighted by atomic mass is 9.87. The zero-order valence-electron chi connectivity index (χ0n) is 13.5. The van der Waals surface area contributed by atoms with E-state index in [9.17, 15) is 19.8 Å². The van der Waals surface area contributed by atoms with Gasteiger partial charge in [-0.05, 0) is 30.5 Å². The number of aromatic hydroxyl groups is 2. The predicted molar refractivity (Wildman–Crippen MR) is 89.0 cm³/mol. The summed E-state index contributed by atoms with van der Waals surface area (Å²) in [6, 6.07) is 4.44. The van der Waals surface area contributed by atoms with Gasteiger partial charge in [-0.3, -0.25) is 19.4 Å². The number of fused-ring (bicyclic) bond motifs is 1. The number of carbonyl (C=O) groups excluding carboxylic acids is 1. The maximum Gasteiger partial charge on any atom is 0.270 e. The summed E-state index contributed by atoms with van der Waals surface area (Å²) in [5.74, 6) is -0.682. The third-order valence-electron chi connectivity index (χ3n) is 4.92. The van der Waals surface area contributed by atoms with Crippen molar-refractivity contribution in [3.05, 3.63) is 39.7 Å². The first kappa shape index (κ1) is 15.8. The van der Waals surface area contributed by atoms with Crippen molar-refractivity contribution in [3.8, 4) is 11.5 Å². The number of rotatable bonds is 2. The fourth-order valence-electron chi connectivity index (χ4n) is 3.64. The molecule has 132 valence electrons. The quantitative estimate of drug-likeness (QED) is 0.614. The van der Waals surface area contributed by atoms with Crippen molar-refractivity contribution in [2.45, 2.75) is 31.2 Å². The Kier molecular flexibility index (Phi) is 3.76. The summed E-state index contributed by atoms with van der Waals surface area (Å²) in [5.41, 5.74) is 0.844. The van der Waals surface area contributed by atoms with Gasteiger partial charge in [-0.2, -0.15) is 0 Å². The van der Waals surface area contributed by atoms with E-state index in [1.54, 1.807) is 10.7 Å². The molecule has 1 amide bonds. The summed E-state index contributed by atoms with van der Waals surface area (Å²) >= 11 is 0. The van der Waals surface area contributed by atoms with Gasteiger partial charge < -0.3 is 20.3 Å². The molecule has 0 spiro atoms. The third-order valence-corrected chi connectivity index (χ3v) is 4.92. The van der Waals surface area contributed by atoms with Crippen LogP contribution in [-0.4, -0.2) is 39.1 Å². The van der Waals surface area contributed by atoms with Crippen LogP contribution in [0.5, 0.6) is 11.5 Å². The first-order chi connectivity index (χ1) is 12.0. The average Bonchev–Trinajstić information content (AvgIpc) is 2.94. The van der Waals surface area contributed by atoms with E-state index >= 15 is 0 Å². The molecular formula is C17H19N3O5. The molecule has 2 aliphatic heterocycles. The summed E-state index contributed by atoms with van der Waals surface area (Å²) in [4.78, 5) is 24.8. The van der Waals surface area contributed by atoms with Gasteiger partial charge in [0.05, 0.1) is 11.6 Å². The molecule has 0 saturated carbocycles. The number of benzene rings is 1. The van der Waals surface area contributed by atoms with E-state index in [2.05, 4.69) is 10.4 Å². The number of ether oxygens (including phenoxy) is 1. The highest BCUT2D eigenvalue weighted by Gasteiger charge is 2.34. The first-order valence-corrected chi connectivity index (χ1v) is 8.28. The van der Waals surface area contributed by atoms with Crippen molar-refractivity contribution < 1.29 is 19.7 Å². The lowest BCUT2D eigenvalue weighted by Crippen LogP contribution is -2.28. The Balaban J connectivity index is 1.80. The zero-order chi connectivity index (χ0) is 17.6. The van der Waals surface area contributed by atoms with E-state index in [0.717, 1.165) is 12.8 Å². The van der Waals surface area contributed by atoms with Gasteiger partial charge in [0.2, 0.25) is 5.91 Å². The standard InChI is InChI=1S/C17H19N3O5/c21-12-2-1-9(7-13(12)22)11-8-14(23)18-16-15(11)17(24)19-20(16)10-3-5-25-6-4-10/h1-2,7,10-11,21-22H,3-6,8H2,(H,18,23)(H,19,24)/t11-/m0/s1. The maximum atomic E-state index is 12.6. The number of amides is 1. The normalized spacial score (nSPS) is 21.0. The smallest absolute Gasteiger partial charge is 0.270 e. The molecule has 8 nitrogen and oxygen atoms in total. The Labute approximate surface area is 143 Å². The Bertz CT molecular complexity index is 879. The second-order valence-electron chi connectivity index (χ2n) is 6.47. The molecule has 1 aromatic heterocycles. The van der Waals surface area contributed by atoms with E-state index in [0.29, 0.717) is 30.2 Å². The molecule has 1 aromatic carbocycles. The zero-order valence-corrected chi connectivity index (χ0v) is 13.5. The number of H-pyrrole nitrogens is 1. The number of aromatic amines is 1. The van der Waals surface area contributed by atoms with Crippen molar-refractivity contribution in [2.75, 3.05) is 18.5 Å². The molecule has 2 aliphatic rings. The molecule has 0 radical (unpaired) electrons. The Morgan fingerprint density at radius 1 is 1.12 bits per heavy atom. The third kappa shape index (κ3) is 2.68. The number of nitrogens with zero attached hydrogens (tertiary/aromatic N) is 1. The van der Waals surface area contributed by atoms with Gasteiger partial charge in [0, 0.05) is 25.6 Å². The van der Waals surface area contributed by atoms with Crippen molar-refractivity contribution in [1.29, 1.82) is 0 Å². The van der Waals surface area contributed by atoms with E-state index in [1.807, 2.05) is 0 Å². The van der Waals surface area contributed by atoms with Crippen LogP contribution in [0.2, 0.25) is 0 Å². The van der Waals surface area contributed by atoms with Crippen LogP contribution in [0.3, 0.4) is 0 Å². The molecule has 3 heterocycles. The fourth-order valence-corrected chi connectivity index (χ4v) is 3.64. The van der Waals surface area contributed by atoms with E-state index in [1.165, 1.54) is 12.1 Å². The van der Waals surface area contributed by atoms with Crippen molar-refractivity contribution in [2.24, 2.45) is 0 Å². The topological polar surface area (TPSA) is 117 Å². The van der Waals surface area contributed by atoms with Crippen LogP contribution >= 0.6 is 0 Å². The number of nitrogens with one attached hydrogen (secondary N) is 2. The SMILES string of the molecule is O=C1C[C@@H](c2ccc(O)c(O)c2)c2c(n(C3CCOCC3)[nH]c2=O)N1. The minimum absolute atomic E-state index is 0.0671. The monoisotopic (exact) mass is 345 g/mol. The number of hydrogen-bond donors (Lipinski definition) is 4.